The average Bonchev–Trinajstić information content (AvgIpc) is 2.78. The van der Waals surface area contributed by atoms with Crippen molar-refractivity contribution in [2.75, 3.05) is 23.4 Å². The molecule has 164 valence electrons. The Hall–Kier alpha value is -3.80. The number of ether oxygens (including phenoxy) is 2. The third-order valence-corrected chi connectivity index (χ3v) is 5.42. The molecule has 3 aromatic carbocycles. The molecule has 0 saturated heterocycles. The van der Waals surface area contributed by atoms with Gasteiger partial charge in [0.1, 0.15) is 18.1 Å². The van der Waals surface area contributed by atoms with Crippen LogP contribution in [0, 0.1) is 13.8 Å². The molecule has 0 fully saturated rings. The number of rotatable bonds is 6. The van der Waals surface area contributed by atoms with E-state index in [9.17, 15) is 9.59 Å². The molecule has 0 saturated carbocycles. The first-order valence-corrected chi connectivity index (χ1v) is 10.6. The number of hydrogen-bond acceptors (Lipinski definition) is 4. The molecule has 1 aliphatic heterocycles. The van der Waals surface area contributed by atoms with Gasteiger partial charge in [0.15, 0.2) is 6.10 Å². The molecule has 0 bridgehead atoms. The van der Waals surface area contributed by atoms with Crippen LogP contribution in [-0.4, -0.2) is 31.1 Å². The van der Waals surface area contributed by atoms with Crippen LogP contribution in [0.5, 0.6) is 11.5 Å². The van der Waals surface area contributed by atoms with Crippen molar-refractivity contribution in [1.29, 1.82) is 0 Å². The lowest BCUT2D eigenvalue weighted by Gasteiger charge is -2.33. The molecule has 0 aromatic heterocycles. The van der Waals surface area contributed by atoms with Crippen molar-refractivity contribution < 1.29 is 19.1 Å². The molecule has 3 aromatic rings. The quantitative estimate of drug-likeness (QED) is 0.613. The van der Waals surface area contributed by atoms with E-state index in [4.69, 9.17) is 9.47 Å². The molecule has 2 amide bonds. The second-order valence-corrected chi connectivity index (χ2v) is 7.86. The number of benzene rings is 3. The third kappa shape index (κ3) is 4.59. The van der Waals surface area contributed by atoms with Crippen molar-refractivity contribution in [3.05, 3.63) is 83.4 Å². The summed E-state index contributed by atoms with van der Waals surface area (Å²) in [6, 6.07) is 20.5. The van der Waals surface area contributed by atoms with E-state index in [1.165, 1.54) is 0 Å². The van der Waals surface area contributed by atoms with Gasteiger partial charge in [-0.05, 0) is 56.7 Å². The van der Waals surface area contributed by atoms with E-state index < -0.39 is 6.10 Å². The van der Waals surface area contributed by atoms with Crippen molar-refractivity contribution in [2.45, 2.75) is 26.9 Å². The monoisotopic (exact) mass is 430 g/mol. The van der Waals surface area contributed by atoms with E-state index in [0.717, 1.165) is 16.9 Å². The number of carbonyl (C=O) groups is 2. The van der Waals surface area contributed by atoms with Gasteiger partial charge in [0.05, 0.1) is 12.2 Å². The first-order valence-electron chi connectivity index (χ1n) is 10.6. The molecule has 1 N–H and O–H groups in total. The van der Waals surface area contributed by atoms with Crippen molar-refractivity contribution in [2.24, 2.45) is 0 Å². The minimum Gasteiger partial charge on any atom is -0.492 e. The van der Waals surface area contributed by atoms with Crippen molar-refractivity contribution in [1.82, 2.24) is 0 Å². The molecule has 1 unspecified atom stereocenters. The second-order valence-electron chi connectivity index (χ2n) is 7.86. The molecule has 6 heteroatoms. The van der Waals surface area contributed by atoms with E-state index in [1.54, 1.807) is 36.1 Å². The van der Waals surface area contributed by atoms with E-state index >= 15 is 0 Å². The summed E-state index contributed by atoms with van der Waals surface area (Å²) in [5.74, 6) is 1.00. The SMILES string of the molecule is Cc1ccc(OCCN2C(=O)C(C)Oc3cc(NC(=O)c4ccccc4C)ccc32)cc1. The summed E-state index contributed by atoms with van der Waals surface area (Å²) in [4.78, 5) is 27.1. The molecule has 0 spiro atoms. The van der Waals surface area contributed by atoms with E-state index in [1.807, 2.05) is 56.3 Å². The van der Waals surface area contributed by atoms with Gasteiger partial charge in [-0.3, -0.25) is 9.59 Å². The van der Waals surface area contributed by atoms with Crippen LogP contribution in [0.25, 0.3) is 0 Å². The van der Waals surface area contributed by atoms with E-state index in [-0.39, 0.29) is 11.8 Å². The standard InChI is InChI=1S/C26H26N2O4/c1-17-8-11-21(12-9-17)31-15-14-28-23-13-10-20(16-24(23)32-19(3)26(28)30)27-25(29)22-7-5-4-6-18(22)2/h4-13,16,19H,14-15H2,1-3H3,(H,27,29). The minimum atomic E-state index is -0.621. The molecular weight excluding hydrogens is 404 g/mol. The fourth-order valence-electron chi connectivity index (χ4n) is 3.63. The van der Waals surface area contributed by atoms with Crippen LogP contribution in [0.2, 0.25) is 0 Å². The van der Waals surface area contributed by atoms with Crippen LogP contribution < -0.4 is 19.7 Å². The molecular formula is C26H26N2O4. The lowest BCUT2D eigenvalue weighted by atomic mass is 10.1. The van der Waals surface area contributed by atoms with Crippen molar-refractivity contribution in [3.63, 3.8) is 0 Å². The Morgan fingerprint density at radius 1 is 1.06 bits per heavy atom. The first-order chi connectivity index (χ1) is 15.4. The summed E-state index contributed by atoms with van der Waals surface area (Å²) in [6.45, 7) is 6.38. The smallest absolute Gasteiger partial charge is 0.267 e. The maximum Gasteiger partial charge on any atom is 0.267 e. The zero-order chi connectivity index (χ0) is 22.7. The van der Waals surface area contributed by atoms with Crippen molar-refractivity contribution in [3.8, 4) is 11.5 Å². The Morgan fingerprint density at radius 2 is 1.81 bits per heavy atom. The highest BCUT2D eigenvalue weighted by Gasteiger charge is 2.31. The summed E-state index contributed by atoms with van der Waals surface area (Å²) < 4.78 is 11.6. The molecule has 1 heterocycles. The lowest BCUT2D eigenvalue weighted by molar-refractivity contribution is -0.125. The summed E-state index contributed by atoms with van der Waals surface area (Å²) in [5, 5.41) is 2.91. The van der Waals surface area contributed by atoms with Crippen LogP contribution in [0.15, 0.2) is 66.7 Å². The topological polar surface area (TPSA) is 67.9 Å². The number of fused-ring (bicyclic) bond motifs is 1. The fraction of sp³-hybridized carbons (Fsp3) is 0.231. The summed E-state index contributed by atoms with van der Waals surface area (Å²) in [5.41, 5.74) is 3.94. The van der Waals surface area contributed by atoms with Crippen LogP contribution in [0.4, 0.5) is 11.4 Å². The molecule has 32 heavy (non-hydrogen) atoms. The number of amides is 2. The van der Waals surface area contributed by atoms with Gasteiger partial charge in [0.25, 0.3) is 11.8 Å². The van der Waals surface area contributed by atoms with Gasteiger partial charge in [0.2, 0.25) is 0 Å². The van der Waals surface area contributed by atoms with Gasteiger partial charge < -0.3 is 19.7 Å². The molecule has 1 atom stereocenters. The number of aryl methyl sites for hydroxylation is 2. The fourth-order valence-corrected chi connectivity index (χ4v) is 3.63. The van der Waals surface area contributed by atoms with Crippen LogP contribution in [-0.2, 0) is 4.79 Å². The maximum absolute atomic E-state index is 12.7. The molecule has 6 nitrogen and oxygen atoms in total. The van der Waals surface area contributed by atoms with Crippen LogP contribution in [0.1, 0.15) is 28.4 Å². The molecule has 0 aliphatic carbocycles. The number of hydrogen-bond donors (Lipinski definition) is 1. The number of nitrogens with one attached hydrogen (secondary N) is 1. The third-order valence-electron chi connectivity index (χ3n) is 5.42. The summed E-state index contributed by atoms with van der Waals surface area (Å²) in [6.07, 6.45) is -0.621. The van der Waals surface area contributed by atoms with Gasteiger partial charge in [-0.25, -0.2) is 0 Å². The van der Waals surface area contributed by atoms with Gasteiger partial charge in [-0.1, -0.05) is 35.9 Å². The Balaban J connectivity index is 1.48. The predicted octanol–water partition coefficient (Wildman–Crippen LogP) is 4.75. The molecule has 4 rings (SSSR count). The highest BCUT2D eigenvalue weighted by molar-refractivity contribution is 6.06. The van der Waals surface area contributed by atoms with Gasteiger partial charge in [0, 0.05) is 17.3 Å². The summed E-state index contributed by atoms with van der Waals surface area (Å²) >= 11 is 0. The number of nitrogens with zero attached hydrogens (tertiary/aromatic N) is 1. The minimum absolute atomic E-state index is 0.123. The largest absolute Gasteiger partial charge is 0.492 e. The predicted molar refractivity (Wildman–Crippen MR) is 125 cm³/mol. The Labute approximate surface area is 187 Å². The van der Waals surface area contributed by atoms with Crippen LogP contribution in [0.3, 0.4) is 0 Å². The van der Waals surface area contributed by atoms with Gasteiger partial charge in [-0.15, -0.1) is 0 Å². The van der Waals surface area contributed by atoms with Gasteiger partial charge >= 0.3 is 0 Å². The van der Waals surface area contributed by atoms with Gasteiger partial charge in [-0.2, -0.15) is 0 Å². The molecule has 0 radical (unpaired) electrons. The highest BCUT2D eigenvalue weighted by Crippen LogP contribution is 2.36. The average molecular weight is 431 g/mol. The Kier molecular flexibility index (Phi) is 6.12. The molecule has 1 aliphatic rings. The maximum atomic E-state index is 12.7. The Morgan fingerprint density at radius 3 is 2.56 bits per heavy atom. The zero-order valence-electron chi connectivity index (χ0n) is 18.4. The number of anilines is 2. The normalized spacial score (nSPS) is 15.0. The van der Waals surface area contributed by atoms with E-state index in [2.05, 4.69) is 5.32 Å². The number of carbonyl (C=O) groups excluding carboxylic acids is 2. The van der Waals surface area contributed by atoms with Crippen molar-refractivity contribution >= 4 is 23.2 Å². The zero-order valence-corrected chi connectivity index (χ0v) is 18.4. The Bertz CT molecular complexity index is 1140. The second kappa shape index (κ2) is 9.14. The summed E-state index contributed by atoms with van der Waals surface area (Å²) in [7, 11) is 0. The highest BCUT2D eigenvalue weighted by atomic mass is 16.5. The lowest BCUT2D eigenvalue weighted by Crippen LogP contribution is -2.46. The first kappa shape index (κ1) is 21.4. The van der Waals surface area contributed by atoms with Crippen LogP contribution >= 0.6 is 0 Å². The van der Waals surface area contributed by atoms with E-state index in [0.29, 0.717) is 35.8 Å².